The van der Waals surface area contributed by atoms with E-state index in [2.05, 4.69) is 26.1 Å². The van der Waals surface area contributed by atoms with Gasteiger partial charge in [0, 0.05) is 6.04 Å². The molecule has 2 N–H and O–H groups in total. The lowest BCUT2D eigenvalue weighted by molar-refractivity contribution is -0.121. The van der Waals surface area contributed by atoms with Crippen LogP contribution >= 0.6 is 0 Å². The lowest BCUT2D eigenvalue weighted by Crippen LogP contribution is -2.38. The molecule has 0 saturated carbocycles. The molecule has 0 saturated heterocycles. The highest BCUT2D eigenvalue weighted by molar-refractivity contribution is 5.79. The number of rotatable bonds is 5. The number of aromatic hydroxyl groups is 1. The number of carbonyl (C=O) groups is 1. The van der Waals surface area contributed by atoms with Crippen LogP contribution in [0.5, 0.6) is 5.75 Å². The molecular weight excluding hydrogens is 214 g/mol. The first kappa shape index (κ1) is 13.6. The van der Waals surface area contributed by atoms with Crippen LogP contribution in [-0.2, 0) is 11.2 Å². The Labute approximate surface area is 103 Å². The predicted octanol–water partition coefficient (Wildman–Crippen LogP) is 2.49. The van der Waals surface area contributed by atoms with E-state index in [1.54, 1.807) is 18.2 Å². The summed E-state index contributed by atoms with van der Waals surface area (Å²) in [7, 11) is 0. The van der Waals surface area contributed by atoms with E-state index in [1.165, 1.54) is 0 Å². The molecule has 94 valence electrons. The van der Waals surface area contributed by atoms with Crippen LogP contribution in [0.1, 0.15) is 32.8 Å². The van der Waals surface area contributed by atoms with Gasteiger partial charge in [-0.2, -0.15) is 0 Å². The van der Waals surface area contributed by atoms with E-state index in [4.69, 9.17) is 0 Å². The molecule has 1 unspecified atom stereocenters. The number of hydrogen-bond donors (Lipinski definition) is 2. The van der Waals surface area contributed by atoms with Crippen molar-refractivity contribution in [1.29, 1.82) is 0 Å². The van der Waals surface area contributed by atoms with Crippen molar-refractivity contribution in [2.24, 2.45) is 5.92 Å². The molecule has 0 spiro atoms. The molecule has 0 aliphatic carbocycles. The maximum Gasteiger partial charge on any atom is 0.224 e. The van der Waals surface area contributed by atoms with Crippen LogP contribution in [0.25, 0.3) is 0 Å². The highest BCUT2D eigenvalue weighted by Crippen LogP contribution is 2.12. The molecule has 1 atom stereocenters. The summed E-state index contributed by atoms with van der Waals surface area (Å²) in [5.41, 5.74) is 0.834. The fraction of sp³-hybridized carbons (Fsp3) is 0.500. The van der Waals surface area contributed by atoms with E-state index in [-0.39, 0.29) is 17.7 Å². The van der Waals surface area contributed by atoms with Gasteiger partial charge in [0.2, 0.25) is 5.91 Å². The second kappa shape index (κ2) is 6.28. The first-order valence-electron chi connectivity index (χ1n) is 6.10. The summed E-state index contributed by atoms with van der Waals surface area (Å²) in [6.07, 6.45) is 1.25. The van der Waals surface area contributed by atoms with Gasteiger partial charge in [0.1, 0.15) is 5.75 Å². The second-order valence-electron chi connectivity index (χ2n) is 4.67. The van der Waals surface area contributed by atoms with Crippen molar-refractivity contribution in [2.45, 2.75) is 39.7 Å². The van der Waals surface area contributed by atoms with Gasteiger partial charge in [-0.15, -0.1) is 0 Å². The monoisotopic (exact) mass is 235 g/mol. The van der Waals surface area contributed by atoms with Crippen LogP contribution in [0.15, 0.2) is 24.3 Å². The molecule has 1 rings (SSSR count). The molecule has 0 aliphatic rings. The number of phenols is 1. The number of benzene rings is 1. The molecule has 1 aromatic rings. The van der Waals surface area contributed by atoms with E-state index >= 15 is 0 Å². The summed E-state index contributed by atoms with van der Waals surface area (Å²) >= 11 is 0. The first-order valence-corrected chi connectivity index (χ1v) is 6.10. The SMILES string of the molecule is CCC(NC(=O)Cc1cccc(O)c1)C(C)C. The maximum absolute atomic E-state index is 11.8. The topological polar surface area (TPSA) is 49.3 Å². The molecule has 17 heavy (non-hydrogen) atoms. The van der Waals surface area contributed by atoms with Gasteiger partial charge in [0.05, 0.1) is 6.42 Å². The Morgan fingerprint density at radius 2 is 2.12 bits per heavy atom. The van der Waals surface area contributed by atoms with Gasteiger partial charge >= 0.3 is 0 Å². The summed E-state index contributed by atoms with van der Waals surface area (Å²) < 4.78 is 0. The van der Waals surface area contributed by atoms with Crippen LogP contribution in [-0.4, -0.2) is 17.1 Å². The second-order valence-corrected chi connectivity index (χ2v) is 4.67. The average Bonchev–Trinajstić information content (AvgIpc) is 2.25. The lowest BCUT2D eigenvalue weighted by atomic mass is 10.0. The van der Waals surface area contributed by atoms with Gasteiger partial charge in [-0.05, 0) is 30.0 Å². The molecule has 0 radical (unpaired) electrons. The Hall–Kier alpha value is -1.51. The van der Waals surface area contributed by atoms with Crippen molar-refractivity contribution in [3.8, 4) is 5.75 Å². The molecule has 1 aromatic carbocycles. The van der Waals surface area contributed by atoms with E-state index in [0.29, 0.717) is 12.3 Å². The van der Waals surface area contributed by atoms with E-state index in [1.807, 2.05) is 6.07 Å². The van der Waals surface area contributed by atoms with Crippen LogP contribution in [0.2, 0.25) is 0 Å². The number of carbonyl (C=O) groups excluding carboxylic acids is 1. The van der Waals surface area contributed by atoms with Crippen molar-refractivity contribution in [2.75, 3.05) is 0 Å². The number of phenolic OH excluding ortho intramolecular Hbond substituents is 1. The van der Waals surface area contributed by atoms with Crippen molar-refractivity contribution < 1.29 is 9.90 Å². The highest BCUT2D eigenvalue weighted by atomic mass is 16.3. The molecule has 3 heteroatoms. The summed E-state index contributed by atoms with van der Waals surface area (Å²) in [5.74, 6) is 0.649. The third-order valence-electron chi connectivity index (χ3n) is 2.87. The van der Waals surface area contributed by atoms with E-state index in [0.717, 1.165) is 12.0 Å². The normalized spacial score (nSPS) is 12.5. The van der Waals surface area contributed by atoms with Gasteiger partial charge in [-0.3, -0.25) is 4.79 Å². The lowest BCUT2D eigenvalue weighted by Gasteiger charge is -2.20. The Morgan fingerprint density at radius 1 is 1.41 bits per heavy atom. The summed E-state index contributed by atoms with van der Waals surface area (Å²) in [6.45, 7) is 6.27. The summed E-state index contributed by atoms with van der Waals surface area (Å²) in [5, 5.41) is 12.3. The standard InChI is InChI=1S/C14H21NO2/c1-4-13(10(2)3)15-14(17)9-11-6-5-7-12(16)8-11/h5-8,10,13,16H,4,9H2,1-3H3,(H,15,17). The number of hydrogen-bond acceptors (Lipinski definition) is 2. The smallest absolute Gasteiger partial charge is 0.224 e. The zero-order chi connectivity index (χ0) is 12.8. The van der Waals surface area contributed by atoms with E-state index < -0.39 is 0 Å². The zero-order valence-corrected chi connectivity index (χ0v) is 10.7. The summed E-state index contributed by atoms with van der Waals surface area (Å²) in [4.78, 5) is 11.8. The van der Waals surface area contributed by atoms with Crippen LogP contribution < -0.4 is 5.32 Å². The molecule has 0 bridgehead atoms. The minimum Gasteiger partial charge on any atom is -0.508 e. The Morgan fingerprint density at radius 3 is 2.65 bits per heavy atom. The minimum atomic E-state index is 0.0103. The molecule has 0 fully saturated rings. The quantitative estimate of drug-likeness (QED) is 0.823. The molecular formula is C14H21NO2. The van der Waals surface area contributed by atoms with Gasteiger partial charge in [-0.25, -0.2) is 0 Å². The van der Waals surface area contributed by atoms with Crippen molar-refractivity contribution in [1.82, 2.24) is 5.32 Å². The molecule has 1 amide bonds. The van der Waals surface area contributed by atoms with Gasteiger partial charge in [0.25, 0.3) is 0 Å². The van der Waals surface area contributed by atoms with Gasteiger partial charge in [-0.1, -0.05) is 32.9 Å². The fourth-order valence-corrected chi connectivity index (χ4v) is 1.85. The maximum atomic E-state index is 11.8. The largest absolute Gasteiger partial charge is 0.508 e. The number of amides is 1. The van der Waals surface area contributed by atoms with Crippen LogP contribution in [0, 0.1) is 5.92 Å². The van der Waals surface area contributed by atoms with Crippen molar-refractivity contribution in [3.63, 3.8) is 0 Å². The molecule has 0 heterocycles. The minimum absolute atomic E-state index is 0.0103. The Bertz CT molecular complexity index is 374. The van der Waals surface area contributed by atoms with Crippen LogP contribution in [0.3, 0.4) is 0 Å². The predicted molar refractivity (Wildman–Crippen MR) is 68.9 cm³/mol. The van der Waals surface area contributed by atoms with Crippen LogP contribution in [0.4, 0.5) is 0 Å². The zero-order valence-electron chi connectivity index (χ0n) is 10.7. The molecule has 3 nitrogen and oxygen atoms in total. The molecule has 0 aliphatic heterocycles. The Kier molecular flexibility index (Phi) is 5.01. The summed E-state index contributed by atoms with van der Waals surface area (Å²) in [6, 6.07) is 7.04. The Balaban J connectivity index is 2.55. The number of nitrogens with one attached hydrogen (secondary N) is 1. The fourth-order valence-electron chi connectivity index (χ4n) is 1.85. The third-order valence-corrected chi connectivity index (χ3v) is 2.87. The van der Waals surface area contributed by atoms with Crippen molar-refractivity contribution >= 4 is 5.91 Å². The van der Waals surface area contributed by atoms with Crippen molar-refractivity contribution in [3.05, 3.63) is 29.8 Å². The third kappa shape index (κ3) is 4.47. The highest BCUT2D eigenvalue weighted by Gasteiger charge is 2.14. The van der Waals surface area contributed by atoms with Gasteiger partial charge in [0.15, 0.2) is 0 Å². The first-order chi connectivity index (χ1) is 8.02. The van der Waals surface area contributed by atoms with E-state index in [9.17, 15) is 9.90 Å². The average molecular weight is 235 g/mol. The van der Waals surface area contributed by atoms with Gasteiger partial charge < -0.3 is 10.4 Å². The molecule has 0 aromatic heterocycles.